The average Bonchev–Trinajstić information content (AvgIpc) is 2.62. The molecule has 0 bridgehead atoms. The van der Waals surface area contributed by atoms with Gasteiger partial charge in [0.2, 0.25) is 6.29 Å². The molecule has 2 aromatic carbocycles. The molecule has 1 aliphatic rings. The first kappa shape index (κ1) is 16.5. The van der Waals surface area contributed by atoms with Gasteiger partial charge in [-0.1, -0.05) is 41.6 Å². The van der Waals surface area contributed by atoms with Crippen molar-refractivity contribution in [1.29, 1.82) is 0 Å². The van der Waals surface area contributed by atoms with E-state index in [4.69, 9.17) is 14.3 Å². The summed E-state index contributed by atoms with van der Waals surface area (Å²) in [5, 5.41) is 6.22. The first-order valence-electron chi connectivity index (χ1n) is 8.21. The standard InChI is InChI=1S/C19H21NO4/c1-3-22-19(21)17-10-11-18(24-20-17)23-13(2)15-9-8-14-6-4-5-7-16(14)12-15/h4-9,12-13,18H,3,10-11H2,1-2H3/t13-,18+/m0/s1. The van der Waals surface area contributed by atoms with E-state index in [1.165, 1.54) is 10.8 Å². The Bertz CT molecular complexity index is 756. The molecule has 0 aromatic heterocycles. The first-order valence-corrected chi connectivity index (χ1v) is 8.21. The van der Waals surface area contributed by atoms with Crippen LogP contribution in [0.5, 0.6) is 0 Å². The van der Waals surface area contributed by atoms with Crippen LogP contribution in [-0.4, -0.2) is 24.6 Å². The quantitative estimate of drug-likeness (QED) is 0.780. The van der Waals surface area contributed by atoms with Gasteiger partial charge in [0.1, 0.15) is 0 Å². The van der Waals surface area contributed by atoms with Crippen LogP contribution in [0.25, 0.3) is 10.8 Å². The zero-order chi connectivity index (χ0) is 16.9. The van der Waals surface area contributed by atoms with Crippen molar-refractivity contribution in [3.05, 3.63) is 48.0 Å². The Morgan fingerprint density at radius 2 is 2.08 bits per heavy atom. The SMILES string of the molecule is CCOC(=O)C1=NO[C@@H](O[C@@H](C)c2ccc3ccccc3c2)CC1. The van der Waals surface area contributed by atoms with Gasteiger partial charge in [-0.25, -0.2) is 4.79 Å². The lowest BCUT2D eigenvalue weighted by molar-refractivity contribution is -0.177. The lowest BCUT2D eigenvalue weighted by Crippen LogP contribution is -2.28. The van der Waals surface area contributed by atoms with Gasteiger partial charge in [-0.3, -0.25) is 0 Å². The molecule has 2 atom stereocenters. The summed E-state index contributed by atoms with van der Waals surface area (Å²) in [6.45, 7) is 4.08. The maximum absolute atomic E-state index is 11.6. The Balaban J connectivity index is 1.62. The summed E-state index contributed by atoms with van der Waals surface area (Å²) in [7, 11) is 0. The monoisotopic (exact) mass is 327 g/mol. The maximum atomic E-state index is 11.6. The Hall–Kier alpha value is -2.40. The van der Waals surface area contributed by atoms with Gasteiger partial charge < -0.3 is 14.3 Å². The van der Waals surface area contributed by atoms with Crippen molar-refractivity contribution in [3.8, 4) is 0 Å². The summed E-state index contributed by atoms with van der Waals surface area (Å²) in [5.41, 5.74) is 1.40. The Morgan fingerprint density at radius 3 is 2.79 bits per heavy atom. The molecule has 0 saturated heterocycles. The van der Waals surface area contributed by atoms with E-state index in [0.29, 0.717) is 25.2 Å². The summed E-state index contributed by atoms with van der Waals surface area (Å²) in [6.07, 6.45) is 0.493. The second kappa shape index (κ2) is 7.45. The molecule has 0 saturated carbocycles. The molecule has 5 heteroatoms. The van der Waals surface area contributed by atoms with Crippen LogP contribution in [0.2, 0.25) is 0 Å². The molecular weight excluding hydrogens is 306 g/mol. The molecule has 0 unspecified atom stereocenters. The van der Waals surface area contributed by atoms with E-state index < -0.39 is 12.3 Å². The van der Waals surface area contributed by atoms with Crippen molar-refractivity contribution in [1.82, 2.24) is 0 Å². The van der Waals surface area contributed by atoms with E-state index >= 15 is 0 Å². The topological polar surface area (TPSA) is 57.1 Å². The lowest BCUT2D eigenvalue weighted by atomic mass is 10.0. The normalized spacial score (nSPS) is 18.6. The van der Waals surface area contributed by atoms with Crippen molar-refractivity contribution >= 4 is 22.5 Å². The molecular formula is C19H21NO4. The smallest absolute Gasteiger partial charge is 0.356 e. The minimum Gasteiger partial charge on any atom is -0.461 e. The Morgan fingerprint density at radius 1 is 1.29 bits per heavy atom. The summed E-state index contributed by atoms with van der Waals surface area (Å²) in [5.74, 6) is -0.418. The molecule has 2 aromatic rings. The maximum Gasteiger partial charge on any atom is 0.356 e. The van der Waals surface area contributed by atoms with Gasteiger partial charge in [0.25, 0.3) is 0 Å². The van der Waals surface area contributed by atoms with Crippen molar-refractivity contribution in [2.75, 3.05) is 6.61 Å². The van der Waals surface area contributed by atoms with Crippen molar-refractivity contribution in [3.63, 3.8) is 0 Å². The summed E-state index contributed by atoms with van der Waals surface area (Å²) in [6, 6.07) is 14.5. The minimum absolute atomic E-state index is 0.126. The minimum atomic E-state index is -0.454. The molecule has 24 heavy (non-hydrogen) atoms. The van der Waals surface area contributed by atoms with Gasteiger partial charge >= 0.3 is 5.97 Å². The number of esters is 1. The van der Waals surface area contributed by atoms with Gasteiger partial charge in [-0.2, -0.15) is 0 Å². The highest BCUT2D eigenvalue weighted by molar-refractivity contribution is 6.36. The fourth-order valence-electron chi connectivity index (χ4n) is 2.69. The summed E-state index contributed by atoms with van der Waals surface area (Å²) in [4.78, 5) is 16.9. The average molecular weight is 327 g/mol. The highest BCUT2D eigenvalue weighted by Crippen LogP contribution is 2.26. The number of ether oxygens (including phenoxy) is 2. The number of rotatable bonds is 5. The predicted molar refractivity (Wildman–Crippen MR) is 91.6 cm³/mol. The Labute approximate surface area is 141 Å². The molecule has 3 rings (SSSR count). The second-order valence-corrected chi connectivity index (χ2v) is 5.72. The van der Waals surface area contributed by atoms with Gasteiger partial charge in [0.05, 0.1) is 12.7 Å². The van der Waals surface area contributed by atoms with Gasteiger partial charge in [0.15, 0.2) is 5.71 Å². The Kier molecular flexibility index (Phi) is 5.11. The van der Waals surface area contributed by atoms with E-state index in [1.807, 2.05) is 19.1 Å². The number of hydrogen-bond donors (Lipinski definition) is 0. The van der Waals surface area contributed by atoms with E-state index in [0.717, 1.165) is 5.56 Å². The van der Waals surface area contributed by atoms with E-state index in [2.05, 4.69) is 35.5 Å². The number of benzene rings is 2. The van der Waals surface area contributed by atoms with Gasteiger partial charge in [0, 0.05) is 12.8 Å². The zero-order valence-corrected chi connectivity index (χ0v) is 13.9. The summed E-state index contributed by atoms with van der Waals surface area (Å²) >= 11 is 0. The zero-order valence-electron chi connectivity index (χ0n) is 13.9. The van der Waals surface area contributed by atoms with Crippen LogP contribution < -0.4 is 0 Å². The lowest BCUT2D eigenvalue weighted by Gasteiger charge is -2.24. The van der Waals surface area contributed by atoms with E-state index in [9.17, 15) is 4.79 Å². The van der Waals surface area contributed by atoms with Crippen LogP contribution >= 0.6 is 0 Å². The molecule has 1 aliphatic heterocycles. The van der Waals surface area contributed by atoms with Crippen LogP contribution in [0.3, 0.4) is 0 Å². The number of carbonyl (C=O) groups is 1. The molecule has 5 nitrogen and oxygen atoms in total. The van der Waals surface area contributed by atoms with E-state index in [1.54, 1.807) is 6.92 Å². The molecule has 126 valence electrons. The largest absolute Gasteiger partial charge is 0.461 e. The number of fused-ring (bicyclic) bond motifs is 1. The van der Waals surface area contributed by atoms with Crippen LogP contribution in [0.4, 0.5) is 0 Å². The van der Waals surface area contributed by atoms with Crippen LogP contribution in [0, 0.1) is 0 Å². The molecule has 0 amide bonds. The summed E-state index contributed by atoms with van der Waals surface area (Å²) < 4.78 is 10.9. The number of carbonyl (C=O) groups excluding carboxylic acids is 1. The third-order valence-electron chi connectivity index (χ3n) is 4.01. The van der Waals surface area contributed by atoms with Gasteiger partial charge in [-0.05, 0) is 36.2 Å². The molecule has 0 radical (unpaired) electrons. The molecule has 0 N–H and O–H groups in total. The van der Waals surface area contributed by atoms with Gasteiger partial charge in [-0.15, -0.1) is 0 Å². The number of oxime groups is 1. The van der Waals surface area contributed by atoms with Crippen LogP contribution in [-0.2, 0) is 19.1 Å². The van der Waals surface area contributed by atoms with Crippen LogP contribution in [0.1, 0.15) is 38.4 Å². The van der Waals surface area contributed by atoms with Crippen molar-refractivity contribution in [2.24, 2.45) is 5.16 Å². The highest BCUT2D eigenvalue weighted by atomic mass is 16.8. The fourth-order valence-corrected chi connectivity index (χ4v) is 2.69. The first-order chi connectivity index (χ1) is 11.7. The van der Waals surface area contributed by atoms with Crippen molar-refractivity contribution in [2.45, 2.75) is 39.1 Å². The molecule has 1 heterocycles. The molecule has 0 spiro atoms. The van der Waals surface area contributed by atoms with Crippen LogP contribution in [0.15, 0.2) is 47.6 Å². The molecule has 0 aliphatic carbocycles. The van der Waals surface area contributed by atoms with Crippen molar-refractivity contribution < 1.29 is 19.1 Å². The predicted octanol–water partition coefficient (Wildman–Crippen LogP) is 3.97. The number of hydrogen-bond acceptors (Lipinski definition) is 5. The van der Waals surface area contributed by atoms with E-state index in [-0.39, 0.29) is 6.10 Å². The number of nitrogens with zero attached hydrogens (tertiary/aromatic N) is 1. The third kappa shape index (κ3) is 3.74. The fraction of sp³-hybridized carbons (Fsp3) is 0.368. The third-order valence-corrected chi connectivity index (χ3v) is 4.01. The highest BCUT2D eigenvalue weighted by Gasteiger charge is 2.25. The second-order valence-electron chi connectivity index (χ2n) is 5.72. The molecule has 0 fully saturated rings.